The molecule has 6 N–H and O–H groups in total. The zero-order valence-corrected chi connectivity index (χ0v) is 16.5. The summed E-state index contributed by atoms with van der Waals surface area (Å²) >= 11 is 0. The minimum absolute atomic E-state index is 0.304. The second kappa shape index (κ2) is 8.42. The molecule has 31 heavy (non-hydrogen) atoms. The van der Waals surface area contributed by atoms with Gasteiger partial charge in [-0.15, -0.1) is 0 Å². The van der Waals surface area contributed by atoms with Crippen LogP contribution in [-0.2, 0) is 6.54 Å². The van der Waals surface area contributed by atoms with Crippen molar-refractivity contribution in [1.82, 2.24) is 20.2 Å². The number of aromatic amines is 1. The number of hydrogen-bond donors (Lipinski definition) is 5. The minimum atomic E-state index is -1.54. The third-order valence-corrected chi connectivity index (χ3v) is 4.76. The number of rotatable bonds is 7. The van der Waals surface area contributed by atoms with Gasteiger partial charge >= 0.3 is 7.12 Å². The average Bonchev–Trinajstić information content (AvgIpc) is 3.21. The Labute approximate surface area is 177 Å². The highest BCUT2D eigenvalue weighted by molar-refractivity contribution is 6.58. The van der Waals surface area contributed by atoms with E-state index in [-0.39, 0.29) is 0 Å². The fourth-order valence-electron chi connectivity index (χ4n) is 3.22. The lowest BCUT2D eigenvalue weighted by Crippen LogP contribution is -2.30. The third-order valence-electron chi connectivity index (χ3n) is 4.76. The van der Waals surface area contributed by atoms with Crippen LogP contribution in [-0.4, -0.2) is 50.3 Å². The number of H-pyrrole nitrogens is 1. The van der Waals surface area contributed by atoms with Crippen molar-refractivity contribution in [2.75, 3.05) is 12.4 Å². The van der Waals surface area contributed by atoms with Crippen LogP contribution < -0.4 is 21.3 Å². The van der Waals surface area contributed by atoms with Gasteiger partial charge in [0.2, 0.25) is 0 Å². The molecule has 2 aromatic heterocycles. The molecule has 0 atom stereocenters. The standard InChI is InChI=1S/C20H19BN6O4/c1-31-15-10-24-20(17-13-6-3-7-14(18(22)28)16(13)26-27-17)25-19(15)23-9-11-4-2-5-12(8-11)21(29)30/h2-8,10,29-30H,9H2,1H3,(H2,22,28)(H,26,27)(H,23,24,25). The van der Waals surface area contributed by atoms with Gasteiger partial charge in [-0.05, 0) is 17.1 Å². The van der Waals surface area contributed by atoms with E-state index in [2.05, 4.69) is 25.5 Å². The fourth-order valence-corrected chi connectivity index (χ4v) is 3.22. The van der Waals surface area contributed by atoms with E-state index >= 15 is 0 Å². The Morgan fingerprint density at radius 3 is 2.81 bits per heavy atom. The van der Waals surface area contributed by atoms with Gasteiger partial charge in [0.25, 0.3) is 5.91 Å². The maximum Gasteiger partial charge on any atom is 0.488 e. The van der Waals surface area contributed by atoms with Crippen LogP contribution in [0.25, 0.3) is 22.4 Å². The van der Waals surface area contributed by atoms with Gasteiger partial charge in [-0.1, -0.05) is 36.4 Å². The summed E-state index contributed by atoms with van der Waals surface area (Å²) in [6.07, 6.45) is 1.53. The number of fused-ring (bicyclic) bond motifs is 1. The van der Waals surface area contributed by atoms with Crippen LogP contribution in [0.2, 0.25) is 0 Å². The molecule has 156 valence electrons. The number of methoxy groups -OCH3 is 1. The molecular formula is C20H19BN6O4. The van der Waals surface area contributed by atoms with Crippen LogP contribution in [0.3, 0.4) is 0 Å². The lowest BCUT2D eigenvalue weighted by atomic mass is 9.80. The molecule has 4 aromatic rings. The summed E-state index contributed by atoms with van der Waals surface area (Å²) in [5, 5.41) is 29.6. The molecule has 0 aliphatic rings. The second-order valence-electron chi connectivity index (χ2n) is 6.75. The normalized spacial score (nSPS) is 10.8. The predicted molar refractivity (Wildman–Crippen MR) is 116 cm³/mol. The van der Waals surface area contributed by atoms with Gasteiger partial charge in [0.15, 0.2) is 17.4 Å². The van der Waals surface area contributed by atoms with E-state index < -0.39 is 13.0 Å². The van der Waals surface area contributed by atoms with Crippen LogP contribution in [0.4, 0.5) is 5.82 Å². The molecule has 0 saturated heterocycles. The van der Waals surface area contributed by atoms with Crippen molar-refractivity contribution < 1.29 is 19.6 Å². The number of para-hydroxylation sites is 1. The molecule has 0 aliphatic carbocycles. The van der Waals surface area contributed by atoms with Crippen LogP contribution in [0.15, 0.2) is 48.7 Å². The van der Waals surface area contributed by atoms with E-state index in [4.69, 9.17) is 10.5 Å². The van der Waals surface area contributed by atoms with Crippen LogP contribution in [0.5, 0.6) is 5.75 Å². The van der Waals surface area contributed by atoms with Crippen LogP contribution in [0, 0.1) is 0 Å². The van der Waals surface area contributed by atoms with Crippen molar-refractivity contribution in [3.63, 3.8) is 0 Å². The van der Waals surface area contributed by atoms with Gasteiger partial charge in [-0.2, -0.15) is 5.10 Å². The molecular weight excluding hydrogens is 399 g/mol. The number of benzene rings is 2. The summed E-state index contributed by atoms with van der Waals surface area (Å²) in [5.74, 6) is 0.656. The molecule has 0 bridgehead atoms. The summed E-state index contributed by atoms with van der Waals surface area (Å²) in [7, 11) is -0.0316. The van der Waals surface area contributed by atoms with Crippen LogP contribution >= 0.6 is 0 Å². The first-order chi connectivity index (χ1) is 15.0. The van der Waals surface area contributed by atoms with Gasteiger partial charge in [0, 0.05) is 11.9 Å². The monoisotopic (exact) mass is 418 g/mol. The number of anilines is 1. The molecule has 0 unspecified atom stereocenters. The average molecular weight is 418 g/mol. The Bertz CT molecular complexity index is 1260. The van der Waals surface area contributed by atoms with Crippen molar-refractivity contribution in [2.24, 2.45) is 5.73 Å². The van der Waals surface area contributed by atoms with Gasteiger partial charge in [0.05, 0.1) is 18.9 Å². The molecule has 0 aliphatic heterocycles. The molecule has 4 rings (SSSR count). The number of primary amides is 1. The van der Waals surface area contributed by atoms with Crippen molar-refractivity contribution in [3.05, 3.63) is 59.8 Å². The number of nitrogens with one attached hydrogen (secondary N) is 2. The number of ether oxygens (including phenoxy) is 1. The van der Waals surface area contributed by atoms with Crippen molar-refractivity contribution in [2.45, 2.75) is 6.54 Å². The van der Waals surface area contributed by atoms with E-state index in [0.717, 1.165) is 5.56 Å². The highest BCUT2D eigenvalue weighted by Crippen LogP contribution is 2.29. The first-order valence-corrected chi connectivity index (χ1v) is 9.35. The van der Waals surface area contributed by atoms with Gasteiger partial charge in [0.1, 0.15) is 11.2 Å². The maximum atomic E-state index is 11.7. The number of nitrogens with two attached hydrogens (primary N) is 1. The van der Waals surface area contributed by atoms with Crippen molar-refractivity contribution in [1.29, 1.82) is 0 Å². The lowest BCUT2D eigenvalue weighted by molar-refractivity contribution is 0.100. The zero-order chi connectivity index (χ0) is 22.0. The molecule has 10 nitrogen and oxygen atoms in total. The van der Waals surface area contributed by atoms with Crippen molar-refractivity contribution >= 4 is 35.2 Å². The minimum Gasteiger partial charge on any atom is -0.491 e. The Kier molecular flexibility index (Phi) is 5.52. The van der Waals surface area contributed by atoms with Crippen molar-refractivity contribution in [3.8, 4) is 17.3 Å². The largest absolute Gasteiger partial charge is 0.491 e. The number of carbonyl (C=O) groups is 1. The van der Waals surface area contributed by atoms with E-state index in [1.807, 2.05) is 6.07 Å². The van der Waals surface area contributed by atoms with E-state index in [9.17, 15) is 14.8 Å². The SMILES string of the molecule is COc1cnc(-c2[nH]nc3c(C(N)=O)cccc23)nc1NCc1cccc(B(O)O)c1. The number of amides is 1. The second-order valence-corrected chi connectivity index (χ2v) is 6.75. The summed E-state index contributed by atoms with van der Waals surface area (Å²) in [5.41, 5.74) is 7.93. The molecule has 0 fully saturated rings. The molecule has 0 spiro atoms. The topological polar surface area (TPSA) is 159 Å². The summed E-state index contributed by atoms with van der Waals surface area (Å²) in [4.78, 5) is 20.6. The number of carbonyl (C=O) groups excluding carboxylic acids is 1. The highest BCUT2D eigenvalue weighted by atomic mass is 16.5. The Morgan fingerprint density at radius 2 is 2.06 bits per heavy atom. The maximum absolute atomic E-state index is 11.7. The quantitative estimate of drug-likeness (QED) is 0.270. The van der Waals surface area contributed by atoms with E-state index in [0.29, 0.717) is 51.6 Å². The van der Waals surface area contributed by atoms with E-state index in [1.54, 1.807) is 36.4 Å². The summed E-state index contributed by atoms with van der Waals surface area (Å²) < 4.78 is 5.35. The summed E-state index contributed by atoms with van der Waals surface area (Å²) in [6, 6.07) is 12.0. The third kappa shape index (κ3) is 4.04. The highest BCUT2D eigenvalue weighted by Gasteiger charge is 2.17. The number of aromatic nitrogens is 4. The number of nitrogens with zero attached hydrogens (tertiary/aromatic N) is 3. The van der Waals surface area contributed by atoms with E-state index in [1.165, 1.54) is 13.3 Å². The van der Waals surface area contributed by atoms with Gasteiger partial charge in [-0.3, -0.25) is 9.89 Å². The van der Waals surface area contributed by atoms with Gasteiger partial charge in [-0.25, -0.2) is 9.97 Å². The molecule has 0 radical (unpaired) electrons. The van der Waals surface area contributed by atoms with Gasteiger partial charge < -0.3 is 25.8 Å². The first-order valence-electron chi connectivity index (χ1n) is 9.35. The predicted octanol–water partition coefficient (Wildman–Crippen LogP) is 0.419. The zero-order valence-electron chi connectivity index (χ0n) is 16.5. The Hall–Kier alpha value is -3.96. The first kappa shape index (κ1) is 20.3. The molecule has 2 heterocycles. The molecule has 2 aromatic carbocycles. The molecule has 0 saturated carbocycles. The summed E-state index contributed by atoms with van der Waals surface area (Å²) in [6.45, 7) is 0.364. The lowest BCUT2D eigenvalue weighted by Gasteiger charge is -2.12. The Morgan fingerprint density at radius 1 is 1.26 bits per heavy atom. The van der Waals surface area contributed by atoms with Crippen LogP contribution in [0.1, 0.15) is 15.9 Å². The number of hydrogen-bond acceptors (Lipinski definition) is 8. The smallest absolute Gasteiger partial charge is 0.488 e. The Balaban J connectivity index is 1.67. The molecule has 1 amide bonds. The molecule has 11 heteroatoms. The fraction of sp³-hybridized carbons (Fsp3) is 0.100.